The van der Waals surface area contributed by atoms with Gasteiger partial charge in [-0.15, -0.1) is 0 Å². The van der Waals surface area contributed by atoms with Crippen molar-refractivity contribution in [2.75, 3.05) is 19.3 Å². The Morgan fingerprint density at radius 3 is 2.48 bits per heavy atom. The summed E-state index contributed by atoms with van der Waals surface area (Å²) in [5.74, 6) is -0.885. The van der Waals surface area contributed by atoms with Crippen LogP contribution in [0.2, 0.25) is 0 Å². The predicted molar refractivity (Wildman–Crippen MR) is 93.1 cm³/mol. The summed E-state index contributed by atoms with van der Waals surface area (Å²) in [7, 11) is -1.90. The number of halogens is 2. The SMILES string of the molecule is CN=C(NCCS(=O)(=O)c1ccccc1)NCc1cc(F)ccc1F. The molecule has 134 valence electrons. The maximum atomic E-state index is 13.6. The lowest BCUT2D eigenvalue weighted by molar-refractivity contribution is 0.581. The fourth-order valence-corrected chi connectivity index (χ4v) is 3.31. The molecule has 0 heterocycles. The third-order valence-corrected chi connectivity index (χ3v) is 5.18. The zero-order chi connectivity index (χ0) is 18.3. The molecular weight excluding hydrogens is 348 g/mol. The molecule has 25 heavy (non-hydrogen) atoms. The highest BCUT2D eigenvalue weighted by Crippen LogP contribution is 2.10. The van der Waals surface area contributed by atoms with Gasteiger partial charge in [-0.1, -0.05) is 18.2 Å². The molecule has 0 aliphatic carbocycles. The Balaban J connectivity index is 1.88. The van der Waals surface area contributed by atoms with Crippen LogP contribution in [0.3, 0.4) is 0 Å². The molecular formula is C17H19F2N3O2S. The molecule has 0 aliphatic heterocycles. The molecule has 0 aliphatic rings. The summed E-state index contributed by atoms with van der Waals surface area (Å²) >= 11 is 0. The van der Waals surface area contributed by atoms with E-state index in [1.54, 1.807) is 18.2 Å². The van der Waals surface area contributed by atoms with Crippen LogP contribution in [0.4, 0.5) is 8.78 Å². The van der Waals surface area contributed by atoms with E-state index in [1.165, 1.54) is 19.2 Å². The molecule has 5 nitrogen and oxygen atoms in total. The summed E-state index contributed by atoms with van der Waals surface area (Å²) in [6, 6.07) is 11.3. The molecule has 2 N–H and O–H groups in total. The molecule has 0 atom stereocenters. The Labute approximate surface area is 145 Å². The summed E-state index contributed by atoms with van der Waals surface area (Å²) in [4.78, 5) is 4.18. The summed E-state index contributed by atoms with van der Waals surface area (Å²) in [6.07, 6.45) is 0. The van der Waals surface area contributed by atoms with Gasteiger partial charge in [-0.3, -0.25) is 4.99 Å². The van der Waals surface area contributed by atoms with E-state index < -0.39 is 21.5 Å². The smallest absolute Gasteiger partial charge is 0.191 e. The van der Waals surface area contributed by atoms with Gasteiger partial charge in [0, 0.05) is 25.7 Å². The first-order chi connectivity index (χ1) is 11.9. The number of hydrogen-bond acceptors (Lipinski definition) is 3. The van der Waals surface area contributed by atoms with E-state index in [1.807, 2.05) is 0 Å². The Bertz CT molecular complexity index is 840. The van der Waals surface area contributed by atoms with Gasteiger partial charge < -0.3 is 10.6 Å². The topological polar surface area (TPSA) is 70.6 Å². The van der Waals surface area contributed by atoms with Crippen LogP contribution in [0.1, 0.15) is 5.56 Å². The molecule has 0 saturated carbocycles. The monoisotopic (exact) mass is 367 g/mol. The van der Waals surface area contributed by atoms with Gasteiger partial charge in [0.05, 0.1) is 10.6 Å². The standard InChI is InChI=1S/C17H19F2N3O2S/c1-20-17(22-12-13-11-14(18)7-8-16(13)19)21-9-10-25(23,24)15-5-3-2-4-6-15/h2-8,11H,9-10,12H2,1H3,(H2,20,21,22). The molecule has 0 unspecified atom stereocenters. The molecule has 2 rings (SSSR count). The number of sulfone groups is 1. The fourth-order valence-electron chi connectivity index (χ4n) is 2.13. The normalized spacial score (nSPS) is 12.0. The quantitative estimate of drug-likeness (QED) is 0.606. The summed E-state index contributed by atoms with van der Waals surface area (Å²) in [5.41, 5.74) is 0.153. The molecule has 0 bridgehead atoms. The minimum Gasteiger partial charge on any atom is -0.355 e. The van der Waals surface area contributed by atoms with E-state index in [2.05, 4.69) is 15.6 Å². The highest BCUT2D eigenvalue weighted by Gasteiger charge is 2.13. The van der Waals surface area contributed by atoms with Gasteiger partial charge in [-0.25, -0.2) is 17.2 Å². The summed E-state index contributed by atoms with van der Waals surface area (Å²) < 4.78 is 51.1. The number of nitrogens with zero attached hydrogens (tertiary/aromatic N) is 1. The van der Waals surface area contributed by atoms with E-state index in [0.717, 1.165) is 18.2 Å². The lowest BCUT2D eigenvalue weighted by Crippen LogP contribution is -2.39. The van der Waals surface area contributed by atoms with Gasteiger partial charge in [0.15, 0.2) is 15.8 Å². The van der Waals surface area contributed by atoms with Crippen molar-refractivity contribution < 1.29 is 17.2 Å². The molecule has 0 amide bonds. The van der Waals surface area contributed by atoms with Crippen LogP contribution in [0.25, 0.3) is 0 Å². The van der Waals surface area contributed by atoms with Crippen LogP contribution in [0.15, 0.2) is 58.4 Å². The highest BCUT2D eigenvalue weighted by molar-refractivity contribution is 7.91. The second-order valence-corrected chi connectivity index (χ2v) is 7.33. The van der Waals surface area contributed by atoms with Crippen molar-refractivity contribution in [3.8, 4) is 0 Å². The summed E-state index contributed by atoms with van der Waals surface area (Å²) in [5, 5.41) is 5.66. The van der Waals surface area contributed by atoms with Crippen molar-refractivity contribution in [1.82, 2.24) is 10.6 Å². The third-order valence-electron chi connectivity index (χ3n) is 3.44. The van der Waals surface area contributed by atoms with Gasteiger partial charge in [0.25, 0.3) is 0 Å². The molecule has 2 aromatic rings. The highest BCUT2D eigenvalue weighted by atomic mass is 32.2. The second-order valence-electron chi connectivity index (χ2n) is 5.22. The average Bonchev–Trinajstić information content (AvgIpc) is 2.61. The number of guanidine groups is 1. The lowest BCUT2D eigenvalue weighted by Gasteiger charge is -2.12. The van der Waals surface area contributed by atoms with E-state index in [0.29, 0.717) is 5.96 Å². The lowest BCUT2D eigenvalue weighted by atomic mass is 10.2. The van der Waals surface area contributed by atoms with E-state index >= 15 is 0 Å². The van der Waals surface area contributed by atoms with Gasteiger partial charge >= 0.3 is 0 Å². The third kappa shape index (κ3) is 5.53. The Morgan fingerprint density at radius 1 is 1.08 bits per heavy atom. The van der Waals surface area contributed by atoms with Gasteiger partial charge in [-0.2, -0.15) is 0 Å². The number of aliphatic imine (C=N–C) groups is 1. The van der Waals surface area contributed by atoms with Crippen molar-refractivity contribution >= 4 is 15.8 Å². The van der Waals surface area contributed by atoms with Gasteiger partial charge in [0.1, 0.15) is 11.6 Å². The largest absolute Gasteiger partial charge is 0.355 e. The minimum absolute atomic E-state index is 0.0225. The van der Waals surface area contributed by atoms with E-state index in [9.17, 15) is 17.2 Å². The van der Waals surface area contributed by atoms with Crippen molar-refractivity contribution in [3.05, 3.63) is 65.7 Å². The molecule has 2 aromatic carbocycles. The van der Waals surface area contributed by atoms with Crippen LogP contribution < -0.4 is 10.6 Å². The van der Waals surface area contributed by atoms with Crippen LogP contribution in [-0.2, 0) is 16.4 Å². The molecule has 0 spiro atoms. The zero-order valence-electron chi connectivity index (χ0n) is 13.7. The Hall–Kier alpha value is -2.48. The number of rotatable bonds is 6. The average molecular weight is 367 g/mol. The van der Waals surface area contributed by atoms with Crippen molar-refractivity contribution in [2.45, 2.75) is 11.4 Å². The molecule has 0 fully saturated rings. The van der Waals surface area contributed by atoms with Crippen LogP contribution in [0.5, 0.6) is 0 Å². The molecule has 0 saturated heterocycles. The van der Waals surface area contributed by atoms with Crippen molar-refractivity contribution in [3.63, 3.8) is 0 Å². The first-order valence-electron chi connectivity index (χ1n) is 7.58. The van der Waals surface area contributed by atoms with Crippen molar-refractivity contribution in [2.24, 2.45) is 4.99 Å². The second kappa shape index (κ2) is 8.57. The van der Waals surface area contributed by atoms with Crippen LogP contribution >= 0.6 is 0 Å². The van der Waals surface area contributed by atoms with Gasteiger partial charge in [-0.05, 0) is 30.3 Å². The molecule has 8 heteroatoms. The molecule has 0 radical (unpaired) electrons. The maximum Gasteiger partial charge on any atom is 0.191 e. The fraction of sp³-hybridized carbons (Fsp3) is 0.235. The first-order valence-corrected chi connectivity index (χ1v) is 9.24. The van der Waals surface area contributed by atoms with Crippen molar-refractivity contribution in [1.29, 1.82) is 0 Å². The van der Waals surface area contributed by atoms with E-state index in [4.69, 9.17) is 0 Å². The van der Waals surface area contributed by atoms with Crippen LogP contribution in [-0.4, -0.2) is 33.7 Å². The number of hydrogen-bond donors (Lipinski definition) is 2. The van der Waals surface area contributed by atoms with E-state index in [-0.39, 0.29) is 29.3 Å². The van der Waals surface area contributed by atoms with Crippen LogP contribution in [0, 0.1) is 11.6 Å². The number of benzene rings is 2. The maximum absolute atomic E-state index is 13.6. The molecule has 0 aromatic heterocycles. The Morgan fingerprint density at radius 2 is 1.80 bits per heavy atom. The number of nitrogens with one attached hydrogen (secondary N) is 2. The zero-order valence-corrected chi connectivity index (χ0v) is 14.5. The Kier molecular flexibility index (Phi) is 6.46. The summed E-state index contributed by atoms with van der Waals surface area (Å²) in [6.45, 7) is 0.150. The van der Waals surface area contributed by atoms with Gasteiger partial charge in [0.2, 0.25) is 0 Å². The minimum atomic E-state index is -3.40. The first kappa shape index (κ1) is 18.9. The predicted octanol–water partition coefficient (Wildman–Crippen LogP) is 2.10.